The summed E-state index contributed by atoms with van der Waals surface area (Å²) in [5.74, 6) is 0.0321. The Morgan fingerprint density at radius 2 is 1.43 bits per heavy atom. The molecule has 1 aromatic carbocycles. The number of anilines is 1. The highest BCUT2D eigenvalue weighted by Gasteiger charge is 2.39. The first-order chi connectivity index (χ1) is 13.6. The zero-order valence-corrected chi connectivity index (χ0v) is 16.5. The van der Waals surface area contributed by atoms with Gasteiger partial charge in [0.05, 0.1) is 13.2 Å². The molecule has 7 nitrogen and oxygen atoms in total. The van der Waals surface area contributed by atoms with Gasteiger partial charge in [-0.1, -0.05) is 18.2 Å². The smallest absolute Gasteiger partial charge is 0.251 e. The van der Waals surface area contributed by atoms with E-state index in [1.807, 2.05) is 11.0 Å². The minimum absolute atomic E-state index is 0.00275. The number of carbonyl (C=O) groups excluding carboxylic acids is 2. The van der Waals surface area contributed by atoms with Crippen molar-refractivity contribution in [3.05, 3.63) is 29.8 Å². The number of hydrogen-bond donors (Lipinski definition) is 0. The van der Waals surface area contributed by atoms with Gasteiger partial charge < -0.3 is 24.2 Å². The standard InChI is InChI=1S/C21H29N3O4/c1-16-4-2-3-5-17(16)22-8-10-23(11-9-22)20(25)18-6-7-19(28-18)21(26)24-12-14-27-15-13-24/h2-5,18-19H,6-15H2,1H3/t18-,19+/m0/s1. The molecule has 0 aromatic heterocycles. The Labute approximate surface area is 166 Å². The quantitative estimate of drug-likeness (QED) is 0.776. The monoisotopic (exact) mass is 387 g/mol. The van der Waals surface area contributed by atoms with Gasteiger partial charge in [-0.15, -0.1) is 0 Å². The number of carbonyl (C=O) groups is 2. The van der Waals surface area contributed by atoms with Crippen LogP contribution in [0.4, 0.5) is 5.69 Å². The molecule has 152 valence electrons. The van der Waals surface area contributed by atoms with Gasteiger partial charge in [0.15, 0.2) is 0 Å². The molecule has 1 aromatic rings. The topological polar surface area (TPSA) is 62.3 Å². The van der Waals surface area contributed by atoms with Crippen LogP contribution in [0.25, 0.3) is 0 Å². The SMILES string of the molecule is Cc1ccccc1N1CCN(C(=O)[C@@H]2CC[C@H](C(=O)N3CCOCC3)O2)CC1. The second-order valence-corrected chi connectivity index (χ2v) is 7.73. The molecule has 0 saturated carbocycles. The predicted molar refractivity (Wildman–Crippen MR) is 105 cm³/mol. The minimum atomic E-state index is -0.486. The lowest BCUT2D eigenvalue weighted by molar-refractivity contribution is -0.153. The van der Waals surface area contributed by atoms with Gasteiger partial charge in [-0.05, 0) is 31.4 Å². The first-order valence-electron chi connectivity index (χ1n) is 10.2. The summed E-state index contributed by atoms with van der Waals surface area (Å²) >= 11 is 0. The van der Waals surface area contributed by atoms with Crippen LogP contribution in [0.5, 0.6) is 0 Å². The first kappa shape index (κ1) is 19.2. The van der Waals surface area contributed by atoms with E-state index in [9.17, 15) is 9.59 Å². The molecule has 0 unspecified atom stereocenters. The fourth-order valence-corrected chi connectivity index (χ4v) is 4.28. The van der Waals surface area contributed by atoms with Crippen molar-refractivity contribution in [3.8, 4) is 0 Å². The Morgan fingerprint density at radius 3 is 2.04 bits per heavy atom. The molecule has 0 aliphatic carbocycles. The Bertz CT molecular complexity index is 711. The number of ether oxygens (including phenoxy) is 2. The average molecular weight is 387 g/mol. The third-order valence-corrected chi connectivity index (χ3v) is 5.94. The fraction of sp³-hybridized carbons (Fsp3) is 0.619. The second kappa shape index (κ2) is 8.49. The van der Waals surface area contributed by atoms with Gasteiger partial charge in [0, 0.05) is 45.0 Å². The van der Waals surface area contributed by atoms with Crippen molar-refractivity contribution >= 4 is 17.5 Å². The molecule has 0 N–H and O–H groups in total. The Balaban J connectivity index is 1.29. The lowest BCUT2D eigenvalue weighted by Crippen LogP contribution is -2.52. The third-order valence-electron chi connectivity index (χ3n) is 5.94. The van der Waals surface area contributed by atoms with Crippen LogP contribution in [0.15, 0.2) is 24.3 Å². The Morgan fingerprint density at radius 1 is 0.857 bits per heavy atom. The number of piperazine rings is 1. The van der Waals surface area contributed by atoms with E-state index in [4.69, 9.17) is 9.47 Å². The minimum Gasteiger partial charge on any atom is -0.378 e. The molecule has 2 atom stereocenters. The zero-order valence-electron chi connectivity index (χ0n) is 16.5. The van der Waals surface area contributed by atoms with Crippen LogP contribution in [0.2, 0.25) is 0 Å². The van der Waals surface area contributed by atoms with Gasteiger partial charge in [0.1, 0.15) is 12.2 Å². The van der Waals surface area contributed by atoms with E-state index in [0.717, 1.165) is 13.1 Å². The van der Waals surface area contributed by atoms with Crippen LogP contribution in [0.3, 0.4) is 0 Å². The fourth-order valence-electron chi connectivity index (χ4n) is 4.28. The number of morpholine rings is 1. The van der Waals surface area contributed by atoms with Gasteiger partial charge in [-0.3, -0.25) is 9.59 Å². The van der Waals surface area contributed by atoms with Gasteiger partial charge in [0.2, 0.25) is 0 Å². The van der Waals surface area contributed by atoms with Crippen LogP contribution < -0.4 is 4.90 Å². The predicted octanol–water partition coefficient (Wildman–Crippen LogP) is 1.05. The summed E-state index contributed by atoms with van der Waals surface area (Å²) in [6, 6.07) is 8.35. The van der Waals surface area contributed by atoms with E-state index >= 15 is 0 Å². The molecule has 7 heteroatoms. The molecule has 2 amide bonds. The second-order valence-electron chi connectivity index (χ2n) is 7.73. The summed E-state index contributed by atoms with van der Waals surface area (Å²) in [6.07, 6.45) is 0.271. The van der Waals surface area contributed by atoms with E-state index < -0.39 is 12.2 Å². The van der Waals surface area contributed by atoms with E-state index in [1.54, 1.807) is 4.90 Å². The largest absolute Gasteiger partial charge is 0.378 e. The van der Waals surface area contributed by atoms with Crippen molar-refractivity contribution in [2.45, 2.75) is 32.0 Å². The summed E-state index contributed by atoms with van der Waals surface area (Å²) in [5.41, 5.74) is 2.49. The number of hydrogen-bond acceptors (Lipinski definition) is 5. The zero-order chi connectivity index (χ0) is 19.5. The van der Waals surface area contributed by atoms with Crippen molar-refractivity contribution in [3.63, 3.8) is 0 Å². The maximum Gasteiger partial charge on any atom is 0.251 e. The summed E-state index contributed by atoms with van der Waals surface area (Å²) in [5, 5.41) is 0. The summed E-state index contributed by atoms with van der Waals surface area (Å²) in [6.45, 7) is 7.50. The summed E-state index contributed by atoms with van der Waals surface area (Å²) in [4.78, 5) is 31.5. The molecule has 0 radical (unpaired) electrons. The highest BCUT2D eigenvalue weighted by Crippen LogP contribution is 2.25. The van der Waals surface area contributed by atoms with E-state index in [2.05, 4.69) is 30.0 Å². The van der Waals surface area contributed by atoms with E-state index in [0.29, 0.717) is 52.2 Å². The van der Waals surface area contributed by atoms with Crippen LogP contribution in [0, 0.1) is 6.92 Å². The molecule has 3 aliphatic rings. The van der Waals surface area contributed by atoms with Gasteiger partial charge >= 0.3 is 0 Å². The third kappa shape index (κ3) is 4.00. The van der Waals surface area contributed by atoms with Crippen molar-refractivity contribution < 1.29 is 19.1 Å². The van der Waals surface area contributed by atoms with E-state index in [-0.39, 0.29) is 11.8 Å². The van der Waals surface area contributed by atoms with E-state index in [1.165, 1.54) is 11.3 Å². The maximum absolute atomic E-state index is 12.9. The van der Waals surface area contributed by atoms with Crippen LogP contribution in [-0.2, 0) is 19.1 Å². The van der Waals surface area contributed by atoms with Crippen molar-refractivity contribution in [2.75, 3.05) is 57.4 Å². The van der Waals surface area contributed by atoms with Gasteiger partial charge in [-0.25, -0.2) is 0 Å². The Hall–Kier alpha value is -2.12. The summed E-state index contributed by atoms with van der Waals surface area (Å²) < 4.78 is 11.2. The lowest BCUT2D eigenvalue weighted by Gasteiger charge is -2.37. The van der Waals surface area contributed by atoms with Gasteiger partial charge in [0.25, 0.3) is 11.8 Å². The number of para-hydroxylation sites is 1. The maximum atomic E-state index is 12.9. The van der Waals surface area contributed by atoms with Crippen LogP contribution in [0.1, 0.15) is 18.4 Å². The molecule has 0 spiro atoms. The highest BCUT2D eigenvalue weighted by molar-refractivity contribution is 5.85. The molecule has 4 rings (SSSR count). The molecule has 3 fully saturated rings. The normalized spacial score (nSPS) is 25.8. The molecular weight excluding hydrogens is 358 g/mol. The molecule has 28 heavy (non-hydrogen) atoms. The van der Waals surface area contributed by atoms with Crippen molar-refractivity contribution in [1.29, 1.82) is 0 Å². The first-order valence-corrected chi connectivity index (χ1v) is 10.2. The lowest BCUT2D eigenvalue weighted by atomic mass is 10.1. The number of rotatable bonds is 3. The molecule has 0 bridgehead atoms. The molecular formula is C21H29N3O4. The van der Waals surface area contributed by atoms with Crippen molar-refractivity contribution in [2.24, 2.45) is 0 Å². The average Bonchev–Trinajstić information content (AvgIpc) is 3.24. The molecule has 3 saturated heterocycles. The van der Waals surface area contributed by atoms with Gasteiger partial charge in [-0.2, -0.15) is 0 Å². The van der Waals surface area contributed by atoms with Crippen LogP contribution in [-0.4, -0.2) is 86.3 Å². The number of amides is 2. The van der Waals surface area contributed by atoms with Crippen LogP contribution >= 0.6 is 0 Å². The Kier molecular flexibility index (Phi) is 5.82. The summed E-state index contributed by atoms with van der Waals surface area (Å²) in [7, 11) is 0. The molecule has 3 aliphatic heterocycles. The highest BCUT2D eigenvalue weighted by atomic mass is 16.5. The number of aryl methyl sites for hydroxylation is 1. The van der Waals surface area contributed by atoms with Crippen molar-refractivity contribution in [1.82, 2.24) is 9.80 Å². The number of nitrogens with zero attached hydrogens (tertiary/aromatic N) is 3. The number of benzene rings is 1. The molecule has 3 heterocycles.